The molecule has 1 amide bonds. The number of para-hydroxylation sites is 1. The van der Waals surface area contributed by atoms with Crippen molar-refractivity contribution in [3.63, 3.8) is 0 Å². The largest absolute Gasteiger partial charge is 0.356 e. The lowest BCUT2D eigenvalue weighted by atomic mass is 10.2. The fourth-order valence-corrected chi connectivity index (χ4v) is 2.67. The van der Waals surface area contributed by atoms with Crippen molar-refractivity contribution in [1.29, 1.82) is 0 Å². The Bertz CT molecular complexity index is 886. The van der Waals surface area contributed by atoms with Gasteiger partial charge < -0.3 is 14.9 Å². The topological polar surface area (TPSA) is 92.7 Å². The van der Waals surface area contributed by atoms with Crippen LogP contribution in [-0.2, 0) is 17.8 Å². The van der Waals surface area contributed by atoms with Gasteiger partial charge in [-0.2, -0.15) is 0 Å². The number of nitrogens with zero attached hydrogens (tertiary/aromatic N) is 3. The standard InChI is InChI=1S/C18H21N5O2/c24-17(20-9-4-11-23-12-10-19-13-23)8-3-7-16-21-15-6-2-1-5-14(15)18(25)22-16/h1-2,5-6,10,12-13H,3-4,7-9,11H2,(H,20,24)(H,21,22,25). The summed E-state index contributed by atoms with van der Waals surface area (Å²) in [5.74, 6) is 0.644. The molecule has 0 aliphatic heterocycles. The van der Waals surface area contributed by atoms with Crippen LogP contribution in [-0.4, -0.2) is 32.0 Å². The number of rotatable bonds is 8. The number of benzene rings is 1. The quantitative estimate of drug-likeness (QED) is 0.610. The maximum atomic E-state index is 12.0. The molecule has 1 aromatic carbocycles. The zero-order chi connectivity index (χ0) is 17.5. The van der Waals surface area contributed by atoms with Gasteiger partial charge in [0.2, 0.25) is 5.91 Å². The number of nitrogens with one attached hydrogen (secondary N) is 2. The minimum Gasteiger partial charge on any atom is -0.356 e. The summed E-state index contributed by atoms with van der Waals surface area (Å²) in [5.41, 5.74) is 0.551. The first kappa shape index (κ1) is 16.9. The van der Waals surface area contributed by atoms with Crippen LogP contribution in [0.2, 0.25) is 0 Å². The van der Waals surface area contributed by atoms with Gasteiger partial charge in [-0.1, -0.05) is 12.1 Å². The maximum absolute atomic E-state index is 12.0. The zero-order valence-electron chi connectivity index (χ0n) is 13.9. The highest BCUT2D eigenvalue weighted by atomic mass is 16.1. The van der Waals surface area contributed by atoms with Crippen LogP contribution in [0.3, 0.4) is 0 Å². The third kappa shape index (κ3) is 4.76. The van der Waals surface area contributed by atoms with Crippen molar-refractivity contribution in [3.8, 4) is 0 Å². The molecule has 2 heterocycles. The van der Waals surface area contributed by atoms with Crippen molar-refractivity contribution in [2.24, 2.45) is 0 Å². The number of H-pyrrole nitrogens is 1. The third-order valence-corrected chi connectivity index (χ3v) is 3.95. The average Bonchev–Trinajstić information content (AvgIpc) is 3.12. The van der Waals surface area contributed by atoms with E-state index >= 15 is 0 Å². The molecule has 25 heavy (non-hydrogen) atoms. The van der Waals surface area contributed by atoms with Gasteiger partial charge in [-0.15, -0.1) is 0 Å². The lowest BCUT2D eigenvalue weighted by Gasteiger charge is -2.06. The molecule has 2 aromatic heterocycles. The molecule has 0 saturated carbocycles. The molecule has 0 fully saturated rings. The number of aromatic nitrogens is 4. The number of carbonyl (C=O) groups is 1. The van der Waals surface area contributed by atoms with E-state index in [1.54, 1.807) is 18.6 Å². The van der Waals surface area contributed by atoms with Crippen molar-refractivity contribution in [2.75, 3.05) is 6.54 Å². The van der Waals surface area contributed by atoms with Crippen LogP contribution < -0.4 is 10.9 Å². The van der Waals surface area contributed by atoms with Gasteiger partial charge in [0, 0.05) is 38.3 Å². The number of carbonyl (C=O) groups excluding carboxylic acids is 1. The van der Waals surface area contributed by atoms with E-state index < -0.39 is 0 Å². The van der Waals surface area contributed by atoms with E-state index in [2.05, 4.69) is 20.3 Å². The Morgan fingerprint density at radius 2 is 2.12 bits per heavy atom. The second kappa shape index (κ2) is 8.23. The van der Waals surface area contributed by atoms with Gasteiger partial charge in [0.25, 0.3) is 5.56 Å². The predicted octanol–water partition coefficient (Wildman–Crippen LogP) is 1.65. The zero-order valence-corrected chi connectivity index (χ0v) is 13.9. The first-order valence-electron chi connectivity index (χ1n) is 8.43. The van der Waals surface area contributed by atoms with E-state index in [1.165, 1.54) is 0 Å². The van der Waals surface area contributed by atoms with Crippen molar-refractivity contribution in [3.05, 3.63) is 59.2 Å². The molecule has 130 valence electrons. The number of fused-ring (bicyclic) bond motifs is 1. The number of hydrogen-bond acceptors (Lipinski definition) is 4. The van der Waals surface area contributed by atoms with Gasteiger partial charge in [0.1, 0.15) is 5.82 Å². The molecule has 0 saturated heterocycles. The maximum Gasteiger partial charge on any atom is 0.258 e. The van der Waals surface area contributed by atoms with Crippen molar-refractivity contribution in [2.45, 2.75) is 32.2 Å². The van der Waals surface area contributed by atoms with Crippen LogP contribution in [0.1, 0.15) is 25.1 Å². The molecule has 0 spiro atoms. The minimum absolute atomic E-state index is 0.0220. The van der Waals surface area contributed by atoms with Crippen LogP contribution >= 0.6 is 0 Å². The lowest BCUT2D eigenvalue weighted by molar-refractivity contribution is -0.121. The van der Waals surface area contributed by atoms with Crippen molar-refractivity contribution in [1.82, 2.24) is 24.8 Å². The second-order valence-electron chi connectivity index (χ2n) is 5.89. The number of aromatic amines is 1. The molecular formula is C18H21N5O2. The second-order valence-corrected chi connectivity index (χ2v) is 5.89. The molecular weight excluding hydrogens is 318 g/mol. The predicted molar refractivity (Wildman–Crippen MR) is 95.2 cm³/mol. The van der Waals surface area contributed by atoms with Crippen LogP contribution in [0.5, 0.6) is 0 Å². The minimum atomic E-state index is -0.135. The molecule has 3 rings (SSSR count). The summed E-state index contributed by atoms with van der Waals surface area (Å²) in [7, 11) is 0. The van der Waals surface area contributed by atoms with Gasteiger partial charge >= 0.3 is 0 Å². The van der Waals surface area contributed by atoms with Gasteiger partial charge in [-0.3, -0.25) is 9.59 Å². The molecule has 0 atom stereocenters. The highest BCUT2D eigenvalue weighted by molar-refractivity contribution is 5.77. The molecule has 2 N–H and O–H groups in total. The third-order valence-electron chi connectivity index (χ3n) is 3.95. The van der Waals surface area contributed by atoms with Gasteiger partial charge in [0.05, 0.1) is 17.2 Å². The first-order valence-corrected chi connectivity index (χ1v) is 8.43. The highest BCUT2D eigenvalue weighted by Crippen LogP contribution is 2.07. The fraction of sp³-hybridized carbons (Fsp3) is 0.333. The highest BCUT2D eigenvalue weighted by Gasteiger charge is 2.05. The summed E-state index contributed by atoms with van der Waals surface area (Å²) >= 11 is 0. The van der Waals surface area contributed by atoms with E-state index in [9.17, 15) is 9.59 Å². The van der Waals surface area contributed by atoms with Crippen LogP contribution in [0.15, 0.2) is 47.8 Å². The summed E-state index contributed by atoms with van der Waals surface area (Å²) < 4.78 is 1.98. The average molecular weight is 339 g/mol. The van der Waals surface area contributed by atoms with Gasteiger partial charge in [-0.05, 0) is 25.0 Å². The Balaban J connectivity index is 1.40. The number of imidazole rings is 1. The number of hydrogen-bond donors (Lipinski definition) is 2. The summed E-state index contributed by atoms with van der Waals surface area (Å²) in [4.78, 5) is 35.0. The normalized spacial score (nSPS) is 10.9. The molecule has 7 nitrogen and oxygen atoms in total. The van der Waals surface area contributed by atoms with E-state index in [1.807, 2.05) is 29.0 Å². The monoisotopic (exact) mass is 339 g/mol. The SMILES string of the molecule is O=C(CCCc1nc2ccccc2c(=O)[nH]1)NCCCn1ccnc1. The van der Waals surface area contributed by atoms with Crippen LogP contribution in [0.4, 0.5) is 0 Å². The summed E-state index contributed by atoms with van der Waals surface area (Å²) in [6.07, 6.45) is 7.91. The van der Waals surface area contributed by atoms with E-state index in [0.29, 0.717) is 42.5 Å². The van der Waals surface area contributed by atoms with E-state index in [0.717, 1.165) is 13.0 Å². The molecule has 3 aromatic rings. The number of aryl methyl sites for hydroxylation is 2. The van der Waals surface area contributed by atoms with Gasteiger partial charge in [-0.25, -0.2) is 9.97 Å². The van der Waals surface area contributed by atoms with Crippen molar-refractivity contribution >= 4 is 16.8 Å². The van der Waals surface area contributed by atoms with Gasteiger partial charge in [0.15, 0.2) is 0 Å². The Morgan fingerprint density at radius 1 is 1.24 bits per heavy atom. The molecule has 7 heteroatoms. The summed E-state index contributed by atoms with van der Waals surface area (Å²) in [5, 5.41) is 3.49. The Labute approximate surface area is 145 Å². The molecule has 0 unspecified atom stereocenters. The number of amides is 1. The lowest BCUT2D eigenvalue weighted by Crippen LogP contribution is -2.25. The van der Waals surface area contributed by atoms with Crippen LogP contribution in [0.25, 0.3) is 10.9 Å². The smallest absolute Gasteiger partial charge is 0.258 e. The first-order chi connectivity index (χ1) is 12.2. The van der Waals surface area contributed by atoms with Crippen molar-refractivity contribution < 1.29 is 4.79 Å². The Kier molecular flexibility index (Phi) is 5.56. The fourth-order valence-electron chi connectivity index (χ4n) is 2.67. The Hall–Kier alpha value is -2.96. The molecule has 0 aliphatic rings. The summed E-state index contributed by atoms with van der Waals surface area (Å²) in [6.45, 7) is 1.48. The summed E-state index contributed by atoms with van der Waals surface area (Å²) in [6, 6.07) is 7.25. The van der Waals surface area contributed by atoms with E-state index in [4.69, 9.17) is 0 Å². The molecule has 0 aliphatic carbocycles. The van der Waals surface area contributed by atoms with Crippen LogP contribution in [0, 0.1) is 0 Å². The van der Waals surface area contributed by atoms with E-state index in [-0.39, 0.29) is 11.5 Å². The Morgan fingerprint density at radius 3 is 2.96 bits per heavy atom. The molecule has 0 radical (unpaired) electrons. The molecule has 0 bridgehead atoms.